The molecule has 138 valence electrons. The Hall–Kier alpha value is -2.09. The Bertz CT molecular complexity index is 723. The lowest BCUT2D eigenvalue weighted by Gasteiger charge is -2.32. The molecular formula is C17H25N3O4S. The molecule has 7 nitrogen and oxygen atoms in total. The lowest BCUT2D eigenvalue weighted by atomic mass is 9.96. The summed E-state index contributed by atoms with van der Waals surface area (Å²) in [7, 11) is -3.58. The Morgan fingerprint density at radius 1 is 1.20 bits per heavy atom. The van der Waals surface area contributed by atoms with Gasteiger partial charge in [0.1, 0.15) is 6.54 Å². The van der Waals surface area contributed by atoms with E-state index in [1.165, 1.54) is 0 Å². The van der Waals surface area contributed by atoms with E-state index >= 15 is 0 Å². The zero-order valence-electron chi connectivity index (χ0n) is 14.6. The van der Waals surface area contributed by atoms with E-state index in [2.05, 4.69) is 0 Å². The molecule has 1 aliphatic rings. The van der Waals surface area contributed by atoms with Crippen LogP contribution in [-0.2, 0) is 26.0 Å². The second-order valence-corrected chi connectivity index (χ2v) is 8.25. The number of carbonyl (C=O) groups is 2. The van der Waals surface area contributed by atoms with Gasteiger partial charge in [-0.15, -0.1) is 0 Å². The van der Waals surface area contributed by atoms with Gasteiger partial charge in [0, 0.05) is 19.0 Å². The zero-order valence-corrected chi connectivity index (χ0v) is 15.5. The van der Waals surface area contributed by atoms with Crippen molar-refractivity contribution < 1.29 is 18.0 Å². The van der Waals surface area contributed by atoms with E-state index in [-0.39, 0.29) is 24.3 Å². The molecule has 2 N–H and O–H groups in total. The maximum atomic E-state index is 12.5. The van der Waals surface area contributed by atoms with Crippen molar-refractivity contribution >= 4 is 27.5 Å². The number of nitrogens with two attached hydrogens (primary N) is 1. The van der Waals surface area contributed by atoms with Crippen LogP contribution in [0.3, 0.4) is 0 Å². The van der Waals surface area contributed by atoms with E-state index in [9.17, 15) is 18.0 Å². The molecule has 2 amide bonds. The van der Waals surface area contributed by atoms with Crippen LogP contribution in [0.1, 0.15) is 25.3 Å². The van der Waals surface area contributed by atoms with E-state index in [1.54, 1.807) is 17.0 Å². The molecule has 0 unspecified atom stereocenters. The summed E-state index contributed by atoms with van der Waals surface area (Å²) in [6.07, 6.45) is 2.98. The number of sulfonamides is 1. The number of nitrogens with zero attached hydrogens (tertiary/aromatic N) is 2. The molecule has 0 aromatic heterocycles. The van der Waals surface area contributed by atoms with E-state index in [1.807, 2.05) is 19.1 Å². The summed E-state index contributed by atoms with van der Waals surface area (Å²) >= 11 is 0. The summed E-state index contributed by atoms with van der Waals surface area (Å²) in [5, 5.41) is 0. The van der Waals surface area contributed by atoms with Gasteiger partial charge in [-0.05, 0) is 37.0 Å². The van der Waals surface area contributed by atoms with Crippen LogP contribution >= 0.6 is 0 Å². The summed E-state index contributed by atoms with van der Waals surface area (Å²) in [6, 6.07) is 7.14. The third-order valence-electron chi connectivity index (χ3n) is 4.56. The highest BCUT2D eigenvalue weighted by molar-refractivity contribution is 7.92. The maximum Gasteiger partial charge on any atom is 0.243 e. The number of piperidine rings is 1. The van der Waals surface area contributed by atoms with Crippen LogP contribution in [-0.4, -0.2) is 51.0 Å². The summed E-state index contributed by atoms with van der Waals surface area (Å²) in [6.45, 7) is 2.60. The van der Waals surface area contributed by atoms with Gasteiger partial charge in [0.25, 0.3) is 0 Å². The molecule has 2 rings (SSSR count). The minimum absolute atomic E-state index is 0.211. The molecule has 1 aromatic rings. The second-order valence-electron chi connectivity index (χ2n) is 6.35. The van der Waals surface area contributed by atoms with E-state index in [4.69, 9.17) is 5.73 Å². The third-order valence-corrected chi connectivity index (χ3v) is 5.70. The van der Waals surface area contributed by atoms with Gasteiger partial charge in [-0.2, -0.15) is 0 Å². The largest absolute Gasteiger partial charge is 0.369 e. The van der Waals surface area contributed by atoms with Crippen LogP contribution in [0.4, 0.5) is 5.69 Å². The first-order valence-corrected chi connectivity index (χ1v) is 10.2. The fourth-order valence-electron chi connectivity index (χ4n) is 2.93. The molecule has 0 spiro atoms. The Labute approximate surface area is 148 Å². The molecule has 0 radical (unpaired) electrons. The van der Waals surface area contributed by atoms with Crippen LogP contribution in [0.15, 0.2) is 24.3 Å². The van der Waals surface area contributed by atoms with Gasteiger partial charge in [-0.1, -0.05) is 19.1 Å². The van der Waals surface area contributed by atoms with Crippen LogP contribution in [0.5, 0.6) is 0 Å². The van der Waals surface area contributed by atoms with Gasteiger partial charge in [0.15, 0.2) is 0 Å². The van der Waals surface area contributed by atoms with Crippen LogP contribution < -0.4 is 10.0 Å². The molecule has 0 bridgehead atoms. The van der Waals surface area contributed by atoms with Gasteiger partial charge in [0.05, 0.1) is 11.9 Å². The van der Waals surface area contributed by atoms with Gasteiger partial charge in [-0.25, -0.2) is 8.42 Å². The number of primary amides is 1. The summed E-state index contributed by atoms with van der Waals surface area (Å²) in [5.41, 5.74) is 6.86. The summed E-state index contributed by atoms with van der Waals surface area (Å²) < 4.78 is 25.4. The molecule has 1 fully saturated rings. The van der Waals surface area contributed by atoms with Crippen LogP contribution in [0.25, 0.3) is 0 Å². The van der Waals surface area contributed by atoms with Crippen LogP contribution in [0.2, 0.25) is 0 Å². The summed E-state index contributed by atoms with van der Waals surface area (Å²) in [5.74, 6) is -0.828. The number of rotatable bonds is 6. The number of benzene rings is 1. The van der Waals surface area contributed by atoms with Gasteiger partial charge < -0.3 is 10.6 Å². The van der Waals surface area contributed by atoms with Crippen molar-refractivity contribution in [3.63, 3.8) is 0 Å². The minimum atomic E-state index is -3.58. The normalized spacial score (nSPS) is 15.8. The number of carbonyl (C=O) groups excluding carboxylic acids is 2. The highest BCUT2D eigenvalue weighted by Gasteiger charge is 2.28. The molecular weight excluding hydrogens is 342 g/mol. The number of likely N-dealkylation sites (tertiary alicyclic amines) is 1. The zero-order chi connectivity index (χ0) is 18.6. The second kappa shape index (κ2) is 7.86. The first kappa shape index (κ1) is 19.2. The van der Waals surface area contributed by atoms with Crippen molar-refractivity contribution in [1.82, 2.24) is 4.90 Å². The topological polar surface area (TPSA) is 101 Å². The molecule has 1 aliphatic heterocycles. The molecule has 1 saturated heterocycles. The predicted octanol–water partition coefficient (Wildman–Crippen LogP) is 0.739. The van der Waals surface area contributed by atoms with E-state index in [0.29, 0.717) is 31.6 Å². The van der Waals surface area contributed by atoms with Crippen LogP contribution in [0, 0.1) is 5.92 Å². The number of anilines is 1. The van der Waals surface area contributed by atoms with Crippen molar-refractivity contribution in [3.8, 4) is 0 Å². The average Bonchev–Trinajstić information content (AvgIpc) is 2.58. The molecule has 0 aliphatic carbocycles. The lowest BCUT2D eigenvalue weighted by molar-refractivity contribution is -0.133. The summed E-state index contributed by atoms with van der Waals surface area (Å²) in [4.78, 5) is 25.3. The van der Waals surface area contributed by atoms with Crippen molar-refractivity contribution in [2.45, 2.75) is 26.2 Å². The Kier molecular flexibility index (Phi) is 6.05. The van der Waals surface area contributed by atoms with Crippen molar-refractivity contribution in [2.75, 3.05) is 30.2 Å². The fraction of sp³-hybridized carbons (Fsp3) is 0.529. The van der Waals surface area contributed by atoms with Gasteiger partial charge in [-0.3, -0.25) is 13.9 Å². The molecule has 0 saturated carbocycles. The first-order chi connectivity index (χ1) is 11.7. The highest BCUT2D eigenvalue weighted by Crippen LogP contribution is 2.21. The standard InChI is InChI=1S/C17H25N3O4S/c1-3-13-4-6-15(7-5-13)20(25(2,23)24)12-16(21)19-10-8-14(9-11-19)17(18)22/h4-7,14H,3,8-12H2,1-2H3,(H2,18,22). The maximum absolute atomic E-state index is 12.5. The number of hydrogen-bond acceptors (Lipinski definition) is 4. The van der Waals surface area contributed by atoms with Gasteiger partial charge in [0.2, 0.25) is 21.8 Å². The fourth-order valence-corrected chi connectivity index (χ4v) is 3.78. The SMILES string of the molecule is CCc1ccc(N(CC(=O)N2CCC(C(N)=O)CC2)S(C)(=O)=O)cc1. The number of hydrogen-bond donors (Lipinski definition) is 1. The van der Waals surface area contributed by atoms with Crippen molar-refractivity contribution in [3.05, 3.63) is 29.8 Å². The quantitative estimate of drug-likeness (QED) is 0.801. The highest BCUT2D eigenvalue weighted by atomic mass is 32.2. The smallest absolute Gasteiger partial charge is 0.243 e. The number of aryl methyl sites for hydroxylation is 1. The molecule has 1 aromatic carbocycles. The lowest BCUT2D eigenvalue weighted by Crippen LogP contribution is -2.47. The Balaban J connectivity index is 2.09. The Morgan fingerprint density at radius 3 is 2.20 bits per heavy atom. The third kappa shape index (κ3) is 4.94. The monoisotopic (exact) mass is 367 g/mol. The minimum Gasteiger partial charge on any atom is -0.369 e. The van der Waals surface area contributed by atoms with Crippen molar-refractivity contribution in [1.29, 1.82) is 0 Å². The first-order valence-electron chi connectivity index (χ1n) is 8.36. The Morgan fingerprint density at radius 2 is 1.76 bits per heavy atom. The average molecular weight is 367 g/mol. The molecule has 1 heterocycles. The molecule has 0 atom stereocenters. The van der Waals surface area contributed by atoms with E-state index < -0.39 is 10.0 Å². The van der Waals surface area contributed by atoms with Crippen molar-refractivity contribution in [2.24, 2.45) is 11.7 Å². The predicted molar refractivity (Wildman–Crippen MR) is 96.5 cm³/mol. The molecule has 25 heavy (non-hydrogen) atoms. The van der Waals surface area contributed by atoms with Gasteiger partial charge >= 0.3 is 0 Å². The molecule has 8 heteroatoms. The number of amides is 2. The van der Waals surface area contributed by atoms with E-state index in [0.717, 1.165) is 22.5 Å².